The van der Waals surface area contributed by atoms with Crippen molar-refractivity contribution in [3.63, 3.8) is 0 Å². The molecule has 0 spiro atoms. The number of aliphatic carboxylic acids is 1. The van der Waals surface area contributed by atoms with Gasteiger partial charge in [-0.25, -0.2) is 4.98 Å². The lowest BCUT2D eigenvalue weighted by Crippen LogP contribution is -2.30. The van der Waals surface area contributed by atoms with Crippen LogP contribution in [-0.4, -0.2) is 34.6 Å². The zero-order chi connectivity index (χ0) is 26.2. The molecule has 37 heavy (non-hydrogen) atoms. The maximum Gasteiger partial charge on any atom is 0.322 e. The monoisotopic (exact) mass is 504 g/mol. The van der Waals surface area contributed by atoms with E-state index in [1.807, 2.05) is 37.3 Å². The Morgan fingerprint density at radius 3 is 2.68 bits per heavy atom. The standard InChI is InChI=1S/C30H36N2O5/c1-20-7-5-11-25(15-20)30-32-26(21(2)37-30)19-36-27-12-4-3-10-24(27)14-13-22-8-6-9-23(16-22)17-28(33)31-18-29(34)35/h5-9,11,15-16,24,27H,3-4,10,12-14,17-19H2,1-2H3,(H,31,33)(H,34,35)/t24-,27-/m0/s1. The average Bonchev–Trinajstić information content (AvgIpc) is 3.26. The van der Waals surface area contributed by atoms with Gasteiger partial charge in [-0.15, -0.1) is 0 Å². The van der Waals surface area contributed by atoms with Gasteiger partial charge in [-0.2, -0.15) is 0 Å². The zero-order valence-corrected chi connectivity index (χ0v) is 21.7. The van der Waals surface area contributed by atoms with Crippen molar-refractivity contribution in [2.45, 2.75) is 71.5 Å². The van der Waals surface area contributed by atoms with Crippen LogP contribution in [0.5, 0.6) is 0 Å². The summed E-state index contributed by atoms with van der Waals surface area (Å²) in [6.45, 7) is 4.09. The van der Waals surface area contributed by atoms with Crippen molar-refractivity contribution in [2.24, 2.45) is 5.92 Å². The van der Waals surface area contributed by atoms with E-state index in [9.17, 15) is 9.59 Å². The highest BCUT2D eigenvalue weighted by atomic mass is 16.5. The molecule has 2 aromatic carbocycles. The van der Waals surface area contributed by atoms with Gasteiger partial charge in [0.05, 0.1) is 19.1 Å². The number of carbonyl (C=O) groups excluding carboxylic acids is 1. The molecule has 0 saturated heterocycles. The van der Waals surface area contributed by atoms with Crippen LogP contribution in [0.1, 0.15) is 60.2 Å². The van der Waals surface area contributed by atoms with E-state index in [4.69, 9.17) is 19.2 Å². The first kappa shape index (κ1) is 26.6. The predicted octanol–water partition coefficient (Wildman–Crippen LogP) is 5.41. The summed E-state index contributed by atoms with van der Waals surface area (Å²) in [6, 6.07) is 16.2. The fraction of sp³-hybridized carbons (Fsp3) is 0.433. The van der Waals surface area contributed by atoms with Gasteiger partial charge in [0.25, 0.3) is 0 Å². The molecule has 2 atom stereocenters. The Kier molecular flexibility index (Phi) is 9.12. The van der Waals surface area contributed by atoms with E-state index in [-0.39, 0.29) is 25.0 Å². The Labute approximate surface area is 218 Å². The number of aryl methyl sites for hydroxylation is 3. The largest absolute Gasteiger partial charge is 0.480 e. The normalized spacial score (nSPS) is 17.5. The number of carbonyl (C=O) groups is 2. The number of oxazole rings is 1. The maximum atomic E-state index is 12.0. The van der Waals surface area contributed by atoms with Gasteiger partial charge in [-0.3, -0.25) is 9.59 Å². The van der Waals surface area contributed by atoms with Crippen LogP contribution >= 0.6 is 0 Å². The van der Waals surface area contributed by atoms with E-state index in [2.05, 4.69) is 30.4 Å². The predicted molar refractivity (Wildman–Crippen MR) is 141 cm³/mol. The third-order valence-corrected chi connectivity index (χ3v) is 7.03. The molecule has 4 rings (SSSR count). The summed E-state index contributed by atoms with van der Waals surface area (Å²) >= 11 is 0. The summed E-state index contributed by atoms with van der Waals surface area (Å²) in [4.78, 5) is 27.4. The molecule has 1 aliphatic rings. The van der Waals surface area contributed by atoms with Crippen molar-refractivity contribution in [1.29, 1.82) is 0 Å². The number of benzene rings is 2. The molecule has 7 nitrogen and oxygen atoms in total. The highest BCUT2D eigenvalue weighted by molar-refractivity contribution is 5.82. The Balaban J connectivity index is 1.32. The molecule has 1 aromatic heterocycles. The fourth-order valence-electron chi connectivity index (χ4n) is 5.04. The summed E-state index contributed by atoms with van der Waals surface area (Å²) in [5, 5.41) is 11.1. The number of aromatic nitrogens is 1. The van der Waals surface area contributed by atoms with Gasteiger partial charge in [0.1, 0.15) is 18.0 Å². The van der Waals surface area contributed by atoms with Crippen molar-refractivity contribution in [2.75, 3.05) is 6.54 Å². The molecule has 1 fully saturated rings. The van der Waals surface area contributed by atoms with Crippen LogP contribution in [0.15, 0.2) is 52.9 Å². The van der Waals surface area contributed by atoms with Gasteiger partial charge in [-0.1, -0.05) is 54.8 Å². The lowest BCUT2D eigenvalue weighted by molar-refractivity contribution is -0.137. The second kappa shape index (κ2) is 12.7. The number of amides is 1. The summed E-state index contributed by atoms with van der Waals surface area (Å²) < 4.78 is 12.4. The minimum absolute atomic E-state index is 0.178. The first-order valence-corrected chi connectivity index (χ1v) is 13.1. The van der Waals surface area contributed by atoms with Crippen LogP contribution in [0.4, 0.5) is 0 Å². The molecule has 7 heteroatoms. The third kappa shape index (κ3) is 7.76. The van der Waals surface area contributed by atoms with Gasteiger partial charge in [-0.05, 0) is 68.7 Å². The molecular weight excluding hydrogens is 468 g/mol. The lowest BCUT2D eigenvalue weighted by atomic mass is 9.82. The highest BCUT2D eigenvalue weighted by Gasteiger charge is 2.26. The number of nitrogens with zero attached hydrogens (tertiary/aromatic N) is 1. The first-order valence-electron chi connectivity index (χ1n) is 13.1. The topological polar surface area (TPSA) is 102 Å². The zero-order valence-electron chi connectivity index (χ0n) is 21.7. The fourth-order valence-corrected chi connectivity index (χ4v) is 5.04. The van der Waals surface area contributed by atoms with E-state index in [1.54, 1.807) is 0 Å². The smallest absolute Gasteiger partial charge is 0.322 e. The molecule has 0 radical (unpaired) electrons. The average molecular weight is 505 g/mol. The summed E-state index contributed by atoms with van der Waals surface area (Å²) in [5.74, 6) is 0.579. The van der Waals surface area contributed by atoms with Gasteiger partial charge in [0.2, 0.25) is 11.8 Å². The summed E-state index contributed by atoms with van der Waals surface area (Å²) in [6.07, 6.45) is 6.89. The first-order chi connectivity index (χ1) is 17.9. The molecule has 1 aliphatic carbocycles. The molecule has 0 unspecified atom stereocenters. The number of carboxylic acid groups (broad SMARTS) is 1. The van der Waals surface area contributed by atoms with E-state index in [0.717, 1.165) is 48.3 Å². The van der Waals surface area contributed by atoms with Crippen LogP contribution in [0.2, 0.25) is 0 Å². The molecule has 0 aliphatic heterocycles. The number of ether oxygens (including phenoxy) is 1. The minimum Gasteiger partial charge on any atom is -0.480 e. The number of rotatable bonds is 11. The molecule has 196 valence electrons. The number of carboxylic acids is 1. The van der Waals surface area contributed by atoms with E-state index in [1.165, 1.54) is 24.0 Å². The Hall–Kier alpha value is -3.45. The van der Waals surface area contributed by atoms with Crippen LogP contribution in [0.3, 0.4) is 0 Å². The number of hydrogen-bond acceptors (Lipinski definition) is 5. The van der Waals surface area contributed by atoms with Crippen molar-refractivity contribution < 1.29 is 23.8 Å². The second-order valence-electron chi connectivity index (χ2n) is 9.99. The number of nitrogens with one attached hydrogen (secondary N) is 1. The number of hydrogen-bond donors (Lipinski definition) is 2. The Bertz CT molecular complexity index is 1220. The van der Waals surface area contributed by atoms with Crippen molar-refractivity contribution in [3.8, 4) is 11.5 Å². The second-order valence-corrected chi connectivity index (χ2v) is 9.99. The van der Waals surface area contributed by atoms with E-state index < -0.39 is 5.97 Å². The summed E-state index contributed by atoms with van der Waals surface area (Å²) in [5.41, 5.74) is 5.08. The van der Waals surface area contributed by atoms with Gasteiger partial charge >= 0.3 is 5.97 Å². The van der Waals surface area contributed by atoms with Crippen molar-refractivity contribution in [3.05, 3.63) is 76.7 Å². The van der Waals surface area contributed by atoms with Crippen LogP contribution < -0.4 is 5.32 Å². The van der Waals surface area contributed by atoms with Crippen LogP contribution in [0, 0.1) is 19.8 Å². The highest BCUT2D eigenvalue weighted by Crippen LogP contribution is 2.32. The molecular formula is C30H36N2O5. The Morgan fingerprint density at radius 1 is 1.08 bits per heavy atom. The van der Waals surface area contributed by atoms with Gasteiger partial charge in [0.15, 0.2) is 0 Å². The quantitative estimate of drug-likeness (QED) is 0.362. The minimum atomic E-state index is -1.04. The van der Waals surface area contributed by atoms with E-state index in [0.29, 0.717) is 18.4 Å². The van der Waals surface area contributed by atoms with Gasteiger partial charge in [0, 0.05) is 5.56 Å². The SMILES string of the molecule is Cc1cccc(-c2nc(CO[C@H]3CCCC[C@H]3CCc3cccc(CC(=O)NCC(=O)O)c3)c(C)o2)c1. The molecule has 0 bridgehead atoms. The molecule has 1 amide bonds. The van der Waals surface area contributed by atoms with Crippen molar-refractivity contribution >= 4 is 11.9 Å². The molecule has 2 N–H and O–H groups in total. The van der Waals surface area contributed by atoms with Crippen LogP contribution in [-0.2, 0) is 33.8 Å². The molecule has 1 saturated carbocycles. The van der Waals surface area contributed by atoms with Crippen LogP contribution in [0.25, 0.3) is 11.5 Å². The Morgan fingerprint density at radius 2 is 1.86 bits per heavy atom. The molecule has 3 aromatic rings. The van der Waals surface area contributed by atoms with Gasteiger partial charge < -0.3 is 19.6 Å². The molecule has 1 heterocycles. The van der Waals surface area contributed by atoms with Crippen molar-refractivity contribution in [1.82, 2.24) is 10.3 Å². The summed E-state index contributed by atoms with van der Waals surface area (Å²) in [7, 11) is 0. The van der Waals surface area contributed by atoms with E-state index >= 15 is 0 Å². The lowest BCUT2D eigenvalue weighted by Gasteiger charge is -2.31. The third-order valence-electron chi connectivity index (χ3n) is 7.03. The maximum absolute atomic E-state index is 12.0.